The minimum atomic E-state index is -2.87. The van der Waals surface area contributed by atoms with E-state index in [1.165, 1.54) is 68.2 Å². The molecule has 4 saturated carbocycles. The van der Waals surface area contributed by atoms with Crippen LogP contribution in [-0.2, 0) is 9.84 Å². The van der Waals surface area contributed by atoms with E-state index in [9.17, 15) is 18.3 Å². The molecule has 1 heterocycles. The third-order valence-electron chi connectivity index (χ3n) is 16.7. The number of benzene rings is 1. The highest BCUT2D eigenvalue weighted by Gasteiger charge is 2.70. The lowest BCUT2D eigenvalue weighted by Gasteiger charge is -2.72. The van der Waals surface area contributed by atoms with Crippen LogP contribution in [0.15, 0.2) is 35.3 Å². The summed E-state index contributed by atoms with van der Waals surface area (Å²) < 4.78 is 24.1. The molecule has 5 aliphatic carbocycles. The van der Waals surface area contributed by atoms with Gasteiger partial charge in [0.05, 0.1) is 17.1 Å². The van der Waals surface area contributed by atoms with Crippen molar-refractivity contribution >= 4 is 27.1 Å². The van der Waals surface area contributed by atoms with Gasteiger partial charge in [-0.3, -0.25) is 4.99 Å². The first-order chi connectivity index (χ1) is 23.5. The third-order valence-corrected chi connectivity index (χ3v) is 18.3. The molecule has 5 fully saturated rings. The van der Waals surface area contributed by atoms with Crippen molar-refractivity contribution < 1.29 is 18.3 Å². The Hall–Kier alpha value is -2.03. The van der Waals surface area contributed by atoms with Gasteiger partial charge in [0.25, 0.3) is 0 Å². The second kappa shape index (κ2) is 12.5. The van der Waals surface area contributed by atoms with Crippen molar-refractivity contribution in [2.75, 3.05) is 44.7 Å². The molecule has 7 rings (SSSR count). The highest BCUT2D eigenvalue weighted by Crippen LogP contribution is 2.76. The predicted octanol–water partition coefficient (Wildman–Crippen LogP) is 7.62. The third kappa shape index (κ3) is 5.50. The van der Waals surface area contributed by atoms with E-state index in [1.807, 2.05) is 19.2 Å². The number of aliphatic imine (C=N–C) groups is 1. The van der Waals surface area contributed by atoms with E-state index in [2.05, 4.69) is 57.8 Å². The van der Waals surface area contributed by atoms with Crippen molar-refractivity contribution in [3.63, 3.8) is 0 Å². The van der Waals surface area contributed by atoms with Crippen LogP contribution in [0.3, 0.4) is 0 Å². The molecule has 0 amide bonds. The summed E-state index contributed by atoms with van der Waals surface area (Å²) in [6, 6.07) is 7.58. The van der Waals surface area contributed by atoms with E-state index in [0.717, 1.165) is 19.5 Å². The molecule has 1 saturated heterocycles. The first-order valence-electron chi connectivity index (χ1n) is 19.7. The fourth-order valence-electron chi connectivity index (χ4n) is 13.9. The van der Waals surface area contributed by atoms with E-state index in [1.54, 1.807) is 12.1 Å². The summed E-state index contributed by atoms with van der Waals surface area (Å²) in [5.74, 6) is 2.73. The fourth-order valence-corrected chi connectivity index (χ4v) is 15.1. The Kier molecular flexibility index (Phi) is 9.11. The van der Waals surface area contributed by atoms with Gasteiger partial charge in [0.2, 0.25) is 0 Å². The van der Waals surface area contributed by atoms with Gasteiger partial charge in [-0.1, -0.05) is 52.8 Å². The first kappa shape index (κ1) is 36.3. The summed E-state index contributed by atoms with van der Waals surface area (Å²) in [5, 5.41) is 13.7. The summed E-state index contributed by atoms with van der Waals surface area (Å²) in [4.78, 5) is 18.7. The van der Waals surface area contributed by atoms with Crippen molar-refractivity contribution in [1.29, 1.82) is 0 Å². The van der Waals surface area contributed by atoms with Crippen LogP contribution >= 0.6 is 0 Å². The van der Waals surface area contributed by atoms with Crippen LogP contribution in [0.1, 0.15) is 115 Å². The Balaban J connectivity index is 1.16. The Morgan fingerprint density at radius 2 is 1.62 bits per heavy atom. The van der Waals surface area contributed by atoms with Crippen LogP contribution in [0, 0.1) is 51.2 Å². The lowest BCUT2D eigenvalue weighted by Crippen LogP contribution is -2.68. The van der Waals surface area contributed by atoms with Gasteiger partial charge >= 0.3 is 5.97 Å². The summed E-state index contributed by atoms with van der Waals surface area (Å²) in [5.41, 5.74) is 5.13. The molecule has 9 atom stereocenters. The average Bonchev–Trinajstić information content (AvgIpc) is 3.45. The monoisotopic (exact) mass is 705 g/mol. The predicted molar refractivity (Wildman–Crippen MR) is 203 cm³/mol. The van der Waals surface area contributed by atoms with Gasteiger partial charge in [-0.05, 0) is 133 Å². The number of rotatable bonds is 7. The highest BCUT2D eigenvalue weighted by atomic mass is 32.2. The van der Waals surface area contributed by atoms with Gasteiger partial charge in [0, 0.05) is 50.4 Å². The number of hydrogen-bond donors (Lipinski definition) is 2. The van der Waals surface area contributed by atoms with Crippen molar-refractivity contribution in [3.05, 3.63) is 41.5 Å². The van der Waals surface area contributed by atoms with Crippen LogP contribution in [-0.4, -0.2) is 80.4 Å². The lowest BCUT2D eigenvalue weighted by molar-refractivity contribution is -0.218. The SMILES string of the molecule is CN=C(C)C1CCC2(NCCN3CCS(=O)(=O)CC3)CCC3(C)C(CCC4C5(C)CC=C(c6ccc(C(=O)O)cc6)C(C)(C)C5CCC43C)C12. The van der Waals surface area contributed by atoms with Crippen LogP contribution < -0.4 is 5.32 Å². The second-order valence-corrected chi connectivity index (χ2v) is 21.0. The van der Waals surface area contributed by atoms with Crippen LogP contribution in [0.2, 0.25) is 0 Å². The minimum Gasteiger partial charge on any atom is -0.478 e. The van der Waals surface area contributed by atoms with Gasteiger partial charge in [0.1, 0.15) is 0 Å². The van der Waals surface area contributed by atoms with Crippen molar-refractivity contribution in [3.8, 4) is 0 Å². The molecule has 0 spiro atoms. The number of sulfone groups is 1. The number of nitrogens with one attached hydrogen (secondary N) is 1. The molecule has 9 unspecified atom stereocenters. The molecule has 8 heteroatoms. The summed E-state index contributed by atoms with van der Waals surface area (Å²) in [6.07, 6.45) is 13.6. The molecule has 1 aliphatic heterocycles. The maximum Gasteiger partial charge on any atom is 0.335 e. The number of nitrogens with zero attached hydrogens (tertiary/aromatic N) is 2. The lowest BCUT2D eigenvalue weighted by atomic mass is 9.33. The second-order valence-electron chi connectivity index (χ2n) is 18.7. The zero-order chi connectivity index (χ0) is 35.9. The van der Waals surface area contributed by atoms with E-state index in [0.29, 0.717) is 59.7 Å². The molecular formula is C42H63N3O4S. The van der Waals surface area contributed by atoms with Crippen LogP contribution in [0.4, 0.5) is 0 Å². The van der Waals surface area contributed by atoms with E-state index in [-0.39, 0.29) is 27.2 Å². The average molecular weight is 706 g/mol. The molecule has 0 aromatic heterocycles. The number of fused-ring (bicyclic) bond motifs is 7. The normalized spacial score (nSPS) is 42.4. The van der Waals surface area contributed by atoms with Crippen molar-refractivity contribution in [2.24, 2.45) is 56.2 Å². The number of hydrogen-bond acceptors (Lipinski definition) is 6. The Bertz CT molecular complexity index is 1650. The van der Waals surface area contributed by atoms with Gasteiger partial charge < -0.3 is 15.3 Å². The van der Waals surface area contributed by atoms with Crippen molar-refractivity contribution in [1.82, 2.24) is 10.2 Å². The zero-order valence-corrected chi connectivity index (χ0v) is 32.7. The van der Waals surface area contributed by atoms with Gasteiger partial charge in [-0.2, -0.15) is 0 Å². The number of aromatic carboxylic acids is 1. The minimum absolute atomic E-state index is 0.00621. The van der Waals surface area contributed by atoms with Crippen molar-refractivity contribution in [2.45, 2.75) is 105 Å². The Morgan fingerprint density at radius 1 is 0.920 bits per heavy atom. The van der Waals surface area contributed by atoms with E-state index >= 15 is 0 Å². The Morgan fingerprint density at radius 3 is 2.28 bits per heavy atom. The maximum atomic E-state index is 12.0. The standard InChI is InChI=1S/C42H63N3O4S/c1-28(43-7)31-14-19-42(44-22-23-45-24-26-50(48,49)27-25-45)21-20-40(5)33(36(31)42)12-13-35-39(4)17-15-32(29-8-10-30(11-9-29)37(46)47)38(2,3)34(39)16-18-41(35,40)6/h8-11,15,31,33-36,44H,12-14,16-27H2,1-7H3,(H,46,47). The Labute approximate surface area is 302 Å². The summed E-state index contributed by atoms with van der Waals surface area (Å²) in [7, 11) is -0.878. The van der Waals surface area contributed by atoms with Crippen LogP contribution in [0.5, 0.6) is 0 Å². The summed E-state index contributed by atoms with van der Waals surface area (Å²) in [6.45, 7) is 18.4. The van der Waals surface area contributed by atoms with E-state index < -0.39 is 15.8 Å². The maximum absolute atomic E-state index is 12.0. The molecule has 276 valence electrons. The van der Waals surface area contributed by atoms with Crippen LogP contribution in [0.25, 0.3) is 5.57 Å². The number of carboxylic acid groups (broad SMARTS) is 1. The molecule has 2 N–H and O–H groups in total. The number of carbonyl (C=O) groups is 1. The largest absolute Gasteiger partial charge is 0.478 e. The number of allylic oxidation sites excluding steroid dienone is 2. The van der Waals surface area contributed by atoms with Gasteiger partial charge in [0.15, 0.2) is 9.84 Å². The molecular weight excluding hydrogens is 643 g/mol. The quantitative estimate of drug-likeness (QED) is 0.283. The zero-order valence-electron chi connectivity index (χ0n) is 31.9. The molecule has 7 nitrogen and oxygen atoms in total. The fraction of sp³-hybridized carbons (Fsp3) is 0.762. The molecule has 1 aromatic carbocycles. The first-order valence-corrected chi connectivity index (χ1v) is 21.5. The number of carboxylic acids is 1. The molecule has 0 radical (unpaired) electrons. The smallest absolute Gasteiger partial charge is 0.335 e. The molecule has 1 aromatic rings. The molecule has 0 bridgehead atoms. The van der Waals surface area contributed by atoms with Gasteiger partial charge in [-0.25, -0.2) is 13.2 Å². The highest BCUT2D eigenvalue weighted by molar-refractivity contribution is 7.91. The summed E-state index contributed by atoms with van der Waals surface area (Å²) >= 11 is 0. The van der Waals surface area contributed by atoms with Gasteiger partial charge in [-0.15, -0.1) is 0 Å². The topological polar surface area (TPSA) is 99.1 Å². The molecule has 50 heavy (non-hydrogen) atoms. The van der Waals surface area contributed by atoms with E-state index in [4.69, 9.17) is 4.99 Å². The molecule has 6 aliphatic rings.